The number of allylic oxidation sites excluding steroid dienone is 1. The SMILES string of the molecule is [C]1=COc2[c]cccc2C1. The van der Waals surface area contributed by atoms with E-state index < -0.39 is 0 Å². The minimum absolute atomic E-state index is 0.834. The lowest BCUT2D eigenvalue weighted by molar-refractivity contribution is 0.460. The fourth-order valence-electron chi connectivity index (χ4n) is 0.958. The van der Waals surface area contributed by atoms with Gasteiger partial charge in [0.2, 0.25) is 0 Å². The van der Waals surface area contributed by atoms with Crippen LogP contribution in [-0.2, 0) is 6.42 Å². The first kappa shape index (κ1) is 5.54. The standard InChI is InChI=1S/C9H6O/c1-2-6-9-8(4-1)5-3-7-10-9/h1-2,4,7H,5H2. The van der Waals surface area contributed by atoms with Crippen molar-refractivity contribution >= 4 is 0 Å². The molecular formula is C9H6O. The highest BCUT2D eigenvalue weighted by molar-refractivity contribution is 5.35. The molecular weight excluding hydrogens is 124 g/mol. The van der Waals surface area contributed by atoms with E-state index in [-0.39, 0.29) is 0 Å². The summed E-state index contributed by atoms with van der Waals surface area (Å²) in [7, 11) is 0. The first-order valence-corrected chi connectivity index (χ1v) is 3.18. The predicted octanol–water partition coefficient (Wildman–Crippen LogP) is 1.74. The Morgan fingerprint density at radius 1 is 1.50 bits per heavy atom. The molecule has 0 unspecified atom stereocenters. The van der Waals surface area contributed by atoms with Gasteiger partial charge in [-0.2, -0.15) is 0 Å². The van der Waals surface area contributed by atoms with Gasteiger partial charge in [0.05, 0.1) is 6.26 Å². The first-order valence-electron chi connectivity index (χ1n) is 3.18. The van der Waals surface area contributed by atoms with Crippen LogP contribution in [0.4, 0.5) is 0 Å². The maximum atomic E-state index is 5.13. The Labute approximate surface area is 59.9 Å². The molecule has 0 N–H and O–H groups in total. The van der Waals surface area contributed by atoms with Crippen molar-refractivity contribution in [3.63, 3.8) is 0 Å². The minimum atomic E-state index is 0.834. The second-order valence-electron chi connectivity index (χ2n) is 2.14. The van der Waals surface area contributed by atoms with Crippen LogP contribution in [0.2, 0.25) is 0 Å². The Bertz CT molecular complexity index is 236. The second kappa shape index (κ2) is 2.18. The van der Waals surface area contributed by atoms with Crippen LogP contribution in [0.25, 0.3) is 0 Å². The smallest absolute Gasteiger partial charge is 0.138 e. The van der Waals surface area contributed by atoms with E-state index >= 15 is 0 Å². The molecule has 1 aliphatic rings. The Hall–Kier alpha value is -1.24. The summed E-state index contributed by atoms with van der Waals surface area (Å²) in [4.78, 5) is 0. The van der Waals surface area contributed by atoms with Crippen molar-refractivity contribution < 1.29 is 4.74 Å². The number of hydrogen-bond acceptors (Lipinski definition) is 1. The predicted molar refractivity (Wildman–Crippen MR) is 37.4 cm³/mol. The van der Waals surface area contributed by atoms with E-state index in [1.165, 1.54) is 0 Å². The van der Waals surface area contributed by atoms with Gasteiger partial charge in [-0.1, -0.05) is 18.2 Å². The summed E-state index contributed by atoms with van der Waals surface area (Å²) < 4.78 is 5.13. The second-order valence-corrected chi connectivity index (χ2v) is 2.14. The van der Waals surface area contributed by atoms with Gasteiger partial charge in [-0.15, -0.1) is 0 Å². The highest BCUT2D eigenvalue weighted by Crippen LogP contribution is 2.20. The van der Waals surface area contributed by atoms with Crippen LogP contribution >= 0.6 is 0 Å². The van der Waals surface area contributed by atoms with Crippen molar-refractivity contribution in [2.75, 3.05) is 0 Å². The number of benzene rings is 1. The van der Waals surface area contributed by atoms with Crippen LogP contribution in [0.5, 0.6) is 5.75 Å². The van der Waals surface area contributed by atoms with Crippen LogP contribution < -0.4 is 4.74 Å². The molecule has 0 aromatic heterocycles. The summed E-state index contributed by atoms with van der Waals surface area (Å²) in [5, 5.41) is 0. The van der Waals surface area contributed by atoms with Crippen molar-refractivity contribution in [1.29, 1.82) is 0 Å². The molecule has 1 aromatic carbocycles. The lowest BCUT2D eigenvalue weighted by atomic mass is 10.1. The number of para-hydroxylation sites is 1. The lowest BCUT2D eigenvalue weighted by Crippen LogP contribution is -1.95. The first-order chi connectivity index (χ1) is 4.97. The molecule has 1 heterocycles. The summed E-state index contributed by atoms with van der Waals surface area (Å²) in [5.74, 6) is 0.834. The maximum Gasteiger partial charge on any atom is 0.138 e. The van der Waals surface area contributed by atoms with Crippen LogP contribution in [-0.4, -0.2) is 0 Å². The summed E-state index contributed by atoms with van der Waals surface area (Å²) in [5.41, 5.74) is 1.16. The third kappa shape index (κ3) is 0.798. The molecule has 0 aliphatic carbocycles. The van der Waals surface area contributed by atoms with Gasteiger partial charge >= 0.3 is 0 Å². The molecule has 1 aliphatic heterocycles. The van der Waals surface area contributed by atoms with E-state index in [0.29, 0.717) is 0 Å². The maximum absolute atomic E-state index is 5.13. The fraction of sp³-hybridized carbons (Fsp3) is 0.111. The van der Waals surface area contributed by atoms with Crippen molar-refractivity contribution in [3.05, 3.63) is 42.2 Å². The Kier molecular flexibility index (Phi) is 1.21. The average Bonchev–Trinajstić information content (AvgIpc) is 2.05. The number of hydrogen-bond donors (Lipinski definition) is 0. The monoisotopic (exact) mass is 130 g/mol. The number of ether oxygens (including phenoxy) is 1. The van der Waals surface area contributed by atoms with Crippen molar-refractivity contribution in [3.8, 4) is 5.75 Å². The minimum Gasteiger partial charge on any atom is -0.464 e. The average molecular weight is 130 g/mol. The molecule has 2 radical (unpaired) electrons. The zero-order valence-electron chi connectivity index (χ0n) is 5.42. The van der Waals surface area contributed by atoms with Gasteiger partial charge in [0.1, 0.15) is 5.75 Å². The van der Waals surface area contributed by atoms with Gasteiger partial charge in [0.25, 0.3) is 0 Å². The van der Waals surface area contributed by atoms with E-state index in [4.69, 9.17) is 4.74 Å². The number of rotatable bonds is 0. The fourth-order valence-corrected chi connectivity index (χ4v) is 0.958. The molecule has 0 atom stereocenters. The van der Waals surface area contributed by atoms with Gasteiger partial charge in [0, 0.05) is 12.5 Å². The zero-order chi connectivity index (χ0) is 6.81. The summed E-state index contributed by atoms with van der Waals surface area (Å²) in [6, 6.07) is 8.81. The van der Waals surface area contributed by atoms with E-state index in [9.17, 15) is 0 Å². The summed E-state index contributed by atoms with van der Waals surface area (Å²) in [6.45, 7) is 0. The Morgan fingerprint density at radius 3 is 3.40 bits per heavy atom. The van der Waals surface area contributed by atoms with Gasteiger partial charge < -0.3 is 4.74 Å². The molecule has 0 fully saturated rings. The highest BCUT2D eigenvalue weighted by Gasteiger charge is 2.03. The highest BCUT2D eigenvalue weighted by atomic mass is 16.5. The van der Waals surface area contributed by atoms with Gasteiger partial charge in [-0.05, 0) is 11.6 Å². The van der Waals surface area contributed by atoms with Crippen molar-refractivity contribution in [2.24, 2.45) is 0 Å². The van der Waals surface area contributed by atoms with E-state index in [1.54, 1.807) is 6.26 Å². The normalized spacial score (nSPS) is 14.0. The Balaban J connectivity index is 2.47. The molecule has 2 rings (SSSR count). The van der Waals surface area contributed by atoms with Crippen LogP contribution in [0.3, 0.4) is 0 Å². The van der Waals surface area contributed by atoms with Gasteiger partial charge in [-0.3, -0.25) is 0 Å². The molecule has 0 amide bonds. The number of fused-ring (bicyclic) bond motifs is 1. The molecule has 48 valence electrons. The zero-order valence-corrected chi connectivity index (χ0v) is 5.42. The summed E-state index contributed by atoms with van der Waals surface area (Å²) >= 11 is 0. The molecule has 1 aromatic rings. The van der Waals surface area contributed by atoms with Gasteiger partial charge in [-0.25, -0.2) is 0 Å². The van der Waals surface area contributed by atoms with Crippen molar-refractivity contribution in [2.45, 2.75) is 6.42 Å². The van der Waals surface area contributed by atoms with Crippen molar-refractivity contribution in [1.82, 2.24) is 0 Å². The molecule has 0 spiro atoms. The van der Waals surface area contributed by atoms with E-state index in [2.05, 4.69) is 12.1 Å². The third-order valence-electron chi connectivity index (χ3n) is 1.45. The van der Waals surface area contributed by atoms with Gasteiger partial charge in [0.15, 0.2) is 0 Å². The van der Waals surface area contributed by atoms with Crippen LogP contribution in [0.1, 0.15) is 5.56 Å². The van der Waals surface area contributed by atoms with Crippen LogP contribution in [0, 0.1) is 12.1 Å². The van der Waals surface area contributed by atoms with Crippen LogP contribution in [0.15, 0.2) is 24.5 Å². The largest absolute Gasteiger partial charge is 0.464 e. The molecule has 10 heavy (non-hydrogen) atoms. The molecule has 0 bridgehead atoms. The van der Waals surface area contributed by atoms with E-state index in [0.717, 1.165) is 17.7 Å². The molecule has 0 saturated heterocycles. The Morgan fingerprint density at radius 2 is 2.50 bits per heavy atom. The molecule has 1 nitrogen and oxygen atoms in total. The summed E-state index contributed by atoms with van der Waals surface area (Å²) in [6.07, 6.45) is 5.40. The topological polar surface area (TPSA) is 9.23 Å². The molecule has 0 saturated carbocycles. The van der Waals surface area contributed by atoms with E-state index in [1.807, 2.05) is 18.2 Å². The lowest BCUT2D eigenvalue weighted by Gasteiger charge is -2.08. The third-order valence-corrected chi connectivity index (χ3v) is 1.45. The quantitative estimate of drug-likeness (QED) is 0.519. The molecule has 1 heteroatoms.